The number of nitrogens with two attached hydrogens (primary N) is 1. The molecule has 0 rings (SSSR count). The van der Waals surface area contributed by atoms with Crippen molar-refractivity contribution in [2.24, 2.45) is 21.6 Å². The van der Waals surface area contributed by atoms with Crippen LogP contribution >= 0.6 is 0 Å². The second kappa shape index (κ2) is 8.74. The van der Waals surface area contributed by atoms with E-state index in [4.69, 9.17) is 5.73 Å². The Labute approximate surface area is 105 Å². The van der Waals surface area contributed by atoms with E-state index in [1.165, 1.54) is 0 Å². The molecule has 0 aromatic carbocycles. The van der Waals surface area contributed by atoms with Crippen molar-refractivity contribution < 1.29 is 0 Å². The maximum Gasteiger partial charge on any atom is 0.149 e. The third kappa shape index (κ3) is 6.72. The van der Waals surface area contributed by atoms with Gasteiger partial charge in [-0.1, -0.05) is 26.8 Å². The third-order valence-electron chi connectivity index (χ3n) is 2.37. The zero-order valence-corrected chi connectivity index (χ0v) is 11.7. The Kier molecular flexibility index (Phi) is 8.03. The lowest BCUT2D eigenvalue weighted by atomic mass is 10.1. The van der Waals surface area contributed by atoms with Crippen LogP contribution in [0.2, 0.25) is 0 Å². The molecule has 0 bridgehead atoms. The summed E-state index contributed by atoms with van der Waals surface area (Å²) in [6.07, 6.45) is 7.67. The average Bonchev–Trinajstić information content (AvgIpc) is 2.28. The molecule has 0 fully saturated rings. The first-order valence-electron chi connectivity index (χ1n) is 6.23. The summed E-state index contributed by atoms with van der Waals surface area (Å²) in [6.45, 7) is 10.3. The SMILES string of the molecule is CC/C=C\N=C(N)C(N=CC(C)CC)=C(C)C. The smallest absolute Gasteiger partial charge is 0.149 e. The average molecular weight is 235 g/mol. The van der Waals surface area contributed by atoms with Crippen molar-refractivity contribution in [2.45, 2.75) is 47.5 Å². The molecule has 0 aromatic heterocycles. The molecule has 0 saturated carbocycles. The van der Waals surface area contributed by atoms with Crippen LogP contribution in [0.25, 0.3) is 0 Å². The first-order chi connectivity index (χ1) is 8.02. The largest absolute Gasteiger partial charge is 0.382 e. The van der Waals surface area contributed by atoms with E-state index < -0.39 is 0 Å². The predicted molar refractivity (Wildman–Crippen MR) is 77.4 cm³/mol. The zero-order chi connectivity index (χ0) is 13.3. The van der Waals surface area contributed by atoms with Crippen molar-refractivity contribution in [3.63, 3.8) is 0 Å². The second-order valence-corrected chi connectivity index (χ2v) is 4.32. The van der Waals surface area contributed by atoms with Crippen molar-refractivity contribution in [1.29, 1.82) is 0 Å². The molecule has 0 aliphatic heterocycles. The van der Waals surface area contributed by atoms with E-state index in [0.29, 0.717) is 11.8 Å². The third-order valence-corrected chi connectivity index (χ3v) is 2.37. The molecule has 96 valence electrons. The minimum absolute atomic E-state index is 0.461. The number of allylic oxidation sites excluding steroid dienone is 2. The standard InChI is InChI=1S/C14H25N3/c1-6-8-9-16-14(15)13(11(3)4)17-10-12(5)7-2/h8-10,12H,6-7H2,1-5H3,(H2,15,16)/b9-8-,17-10?. The molecular formula is C14H25N3. The van der Waals surface area contributed by atoms with Gasteiger partial charge in [-0.25, -0.2) is 4.99 Å². The number of rotatable bonds is 6. The minimum atomic E-state index is 0.461. The Balaban J connectivity index is 4.90. The monoisotopic (exact) mass is 235 g/mol. The van der Waals surface area contributed by atoms with Crippen LogP contribution in [0.3, 0.4) is 0 Å². The number of nitrogens with zero attached hydrogens (tertiary/aromatic N) is 2. The number of amidine groups is 1. The normalized spacial score (nSPS) is 14.5. The minimum Gasteiger partial charge on any atom is -0.382 e. The summed E-state index contributed by atoms with van der Waals surface area (Å²) < 4.78 is 0. The molecule has 0 spiro atoms. The molecule has 1 unspecified atom stereocenters. The van der Waals surface area contributed by atoms with Gasteiger partial charge in [0.05, 0.1) is 0 Å². The van der Waals surface area contributed by atoms with Crippen LogP contribution in [0.5, 0.6) is 0 Å². The lowest BCUT2D eigenvalue weighted by Crippen LogP contribution is -2.15. The summed E-state index contributed by atoms with van der Waals surface area (Å²) in [6, 6.07) is 0. The van der Waals surface area contributed by atoms with Crippen molar-refractivity contribution in [3.8, 4) is 0 Å². The number of hydrogen-bond acceptors (Lipinski definition) is 2. The van der Waals surface area contributed by atoms with E-state index in [1.54, 1.807) is 6.20 Å². The van der Waals surface area contributed by atoms with Gasteiger partial charge in [-0.15, -0.1) is 0 Å². The second-order valence-electron chi connectivity index (χ2n) is 4.32. The lowest BCUT2D eigenvalue weighted by molar-refractivity contribution is 0.754. The van der Waals surface area contributed by atoms with Gasteiger partial charge in [0.2, 0.25) is 0 Å². The van der Waals surface area contributed by atoms with Gasteiger partial charge < -0.3 is 5.73 Å². The highest BCUT2D eigenvalue weighted by atomic mass is 14.9. The molecule has 0 amide bonds. The van der Waals surface area contributed by atoms with Crippen LogP contribution in [0, 0.1) is 5.92 Å². The lowest BCUT2D eigenvalue weighted by Gasteiger charge is -2.05. The van der Waals surface area contributed by atoms with E-state index in [-0.39, 0.29) is 0 Å². The summed E-state index contributed by atoms with van der Waals surface area (Å²) >= 11 is 0. The van der Waals surface area contributed by atoms with Crippen LogP contribution in [-0.2, 0) is 0 Å². The first kappa shape index (κ1) is 15.6. The highest BCUT2D eigenvalue weighted by Crippen LogP contribution is 2.07. The van der Waals surface area contributed by atoms with Crippen molar-refractivity contribution in [3.05, 3.63) is 23.5 Å². The molecule has 1 atom stereocenters. The summed E-state index contributed by atoms with van der Waals surface area (Å²) in [4.78, 5) is 8.62. The van der Waals surface area contributed by atoms with Gasteiger partial charge in [-0.3, -0.25) is 4.99 Å². The predicted octanol–water partition coefficient (Wildman–Crippen LogP) is 3.68. The Morgan fingerprint density at radius 3 is 2.41 bits per heavy atom. The van der Waals surface area contributed by atoms with Gasteiger partial charge in [0.25, 0.3) is 0 Å². The van der Waals surface area contributed by atoms with Crippen LogP contribution in [0.15, 0.2) is 33.5 Å². The Bertz CT molecular complexity index is 331. The summed E-state index contributed by atoms with van der Waals surface area (Å²) in [5.74, 6) is 0.942. The number of hydrogen-bond donors (Lipinski definition) is 1. The fraction of sp³-hybridized carbons (Fsp3) is 0.571. The molecule has 3 heteroatoms. The maximum atomic E-state index is 5.91. The topological polar surface area (TPSA) is 50.7 Å². The molecular weight excluding hydrogens is 210 g/mol. The summed E-state index contributed by atoms with van der Waals surface area (Å²) in [5.41, 5.74) is 7.78. The van der Waals surface area contributed by atoms with Gasteiger partial charge in [0, 0.05) is 12.4 Å². The fourth-order valence-electron chi connectivity index (χ4n) is 1.06. The fourth-order valence-corrected chi connectivity index (χ4v) is 1.06. The van der Waals surface area contributed by atoms with Gasteiger partial charge in [0.1, 0.15) is 11.5 Å². The molecule has 3 nitrogen and oxygen atoms in total. The van der Waals surface area contributed by atoms with Crippen LogP contribution in [-0.4, -0.2) is 12.1 Å². The highest BCUT2D eigenvalue weighted by Gasteiger charge is 2.02. The quantitative estimate of drug-likeness (QED) is 0.554. The first-order valence-corrected chi connectivity index (χ1v) is 6.23. The molecule has 0 radical (unpaired) electrons. The van der Waals surface area contributed by atoms with Crippen LogP contribution in [0.1, 0.15) is 47.5 Å². The van der Waals surface area contributed by atoms with Crippen LogP contribution < -0.4 is 5.73 Å². The molecule has 0 saturated heterocycles. The van der Waals surface area contributed by atoms with E-state index in [9.17, 15) is 0 Å². The Morgan fingerprint density at radius 2 is 1.94 bits per heavy atom. The van der Waals surface area contributed by atoms with E-state index in [2.05, 4.69) is 30.8 Å². The zero-order valence-electron chi connectivity index (χ0n) is 11.7. The van der Waals surface area contributed by atoms with Gasteiger partial charge in [0.15, 0.2) is 0 Å². The van der Waals surface area contributed by atoms with Gasteiger partial charge >= 0.3 is 0 Å². The highest BCUT2D eigenvalue weighted by molar-refractivity contribution is 5.98. The van der Waals surface area contributed by atoms with Crippen molar-refractivity contribution in [1.82, 2.24) is 0 Å². The van der Waals surface area contributed by atoms with E-state index >= 15 is 0 Å². The van der Waals surface area contributed by atoms with Crippen molar-refractivity contribution >= 4 is 12.1 Å². The Morgan fingerprint density at radius 1 is 1.29 bits per heavy atom. The van der Waals surface area contributed by atoms with Crippen LogP contribution in [0.4, 0.5) is 0 Å². The molecule has 2 N–H and O–H groups in total. The molecule has 0 aliphatic carbocycles. The Hall–Kier alpha value is -1.38. The summed E-state index contributed by atoms with van der Waals surface area (Å²) in [5, 5.41) is 0. The van der Waals surface area contributed by atoms with Gasteiger partial charge in [-0.05, 0) is 38.2 Å². The molecule has 0 aliphatic rings. The molecule has 0 aromatic rings. The molecule has 0 heterocycles. The summed E-state index contributed by atoms with van der Waals surface area (Å²) in [7, 11) is 0. The maximum absolute atomic E-state index is 5.91. The van der Waals surface area contributed by atoms with Gasteiger partial charge in [-0.2, -0.15) is 0 Å². The molecule has 17 heavy (non-hydrogen) atoms. The van der Waals surface area contributed by atoms with E-state index in [0.717, 1.165) is 24.1 Å². The number of aliphatic imine (C=N–C) groups is 2. The van der Waals surface area contributed by atoms with E-state index in [1.807, 2.05) is 26.1 Å². The van der Waals surface area contributed by atoms with Crippen molar-refractivity contribution in [2.75, 3.05) is 0 Å².